The Kier molecular flexibility index (Phi) is 3.60. The molecule has 0 saturated carbocycles. The summed E-state index contributed by atoms with van der Waals surface area (Å²) in [4.78, 5) is 13.4. The van der Waals surface area contributed by atoms with Gasteiger partial charge in [0.2, 0.25) is 0 Å². The van der Waals surface area contributed by atoms with E-state index in [4.69, 9.17) is 0 Å². The van der Waals surface area contributed by atoms with Crippen molar-refractivity contribution >= 4 is 11.6 Å². The lowest BCUT2D eigenvalue weighted by Crippen LogP contribution is -2.27. The fraction of sp³-hybridized carbons (Fsp3) is 0.133. The maximum absolute atomic E-state index is 13.6. The van der Waals surface area contributed by atoms with Gasteiger partial charge in [-0.1, -0.05) is 18.2 Å². The van der Waals surface area contributed by atoms with Crippen LogP contribution < -0.4 is 4.90 Å². The summed E-state index contributed by atoms with van der Waals surface area (Å²) in [7, 11) is 1.46. The van der Waals surface area contributed by atoms with Crippen molar-refractivity contribution in [1.82, 2.24) is 0 Å². The highest BCUT2D eigenvalue weighted by Gasteiger charge is 2.18. The number of anilines is 1. The van der Waals surface area contributed by atoms with Crippen molar-refractivity contribution in [1.29, 1.82) is 0 Å². The molecule has 98 valence electrons. The number of halogens is 2. The third kappa shape index (κ3) is 2.62. The average molecular weight is 261 g/mol. The number of benzene rings is 2. The molecule has 0 bridgehead atoms. The van der Waals surface area contributed by atoms with Crippen LogP contribution in [-0.2, 0) is 0 Å². The molecule has 2 rings (SSSR count). The molecule has 0 aliphatic heterocycles. The van der Waals surface area contributed by atoms with Crippen molar-refractivity contribution in [2.45, 2.75) is 6.92 Å². The smallest absolute Gasteiger partial charge is 0.258 e. The standard InChI is InChI=1S/C15H13F2NO/c1-10-7-8-11(16)9-12(10)15(19)18(2)14-6-4-3-5-13(14)17/h3-9H,1-2H3. The van der Waals surface area contributed by atoms with Crippen LogP contribution in [0.5, 0.6) is 0 Å². The third-order valence-corrected chi connectivity index (χ3v) is 2.95. The Morgan fingerprint density at radius 3 is 2.47 bits per heavy atom. The van der Waals surface area contributed by atoms with Crippen LogP contribution in [0.4, 0.5) is 14.5 Å². The Hall–Kier alpha value is -2.23. The van der Waals surface area contributed by atoms with Crippen LogP contribution in [0.25, 0.3) is 0 Å². The molecule has 2 aromatic rings. The van der Waals surface area contributed by atoms with Gasteiger partial charge in [-0.05, 0) is 36.8 Å². The molecule has 1 amide bonds. The molecular formula is C15H13F2NO. The Balaban J connectivity index is 2.39. The van der Waals surface area contributed by atoms with Crippen molar-refractivity contribution in [3.05, 3.63) is 65.2 Å². The molecule has 0 aromatic heterocycles. The van der Waals surface area contributed by atoms with Crippen LogP contribution in [0.2, 0.25) is 0 Å². The van der Waals surface area contributed by atoms with Gasteiger partial charge in [-0.15, -0.1) is 0 Å². The second kappa shape index (κ2) is 5.18. The summed E-state index contributed by atoms with van der Waals surface area (Å²) in [5.74, 6) is -1.43. The van der Waals surface area contributed by atoms with E-state index in [-0.39, 0.29) is 11.3 Å². The molecule has 4 heteroatoms. The number of carbonyl (C=O) groups excluding carboxylic acids is 1. The van der Waals surface area contributed by atoms with Gasteiger partial charge in [-0.3, -0.25) is 4.79 Å². The first-order valence-corrected chi connectivity index (χ1v) is 5.79. The van der Waals surface area contributed by atoms with Gasteiger partial charge >= 0.3 is 0 Å². The normalized spacial score (nSPS) is 10.3. The molecule has 2 aromatic carbocycles. The van der Waals surface area contributed by atoms with Gasteiger partial charge in [-0.2, -0.15) is 0 Å². The van der Waals surface area contributed by atoms with Crippen molar-refractivity contribution in [3.8, 4) is 0 Å². The van der Waals surface area contributed by atoms with Crippen molar-refractivity contribution in [2.24, 2.45) is 0 Å². The number of para-hydroxylation sites is 1. The van der Waals surface area contributed by atoms with Gasteiger partial charge in [0, 0.05) is 12.6 Å². The third-order valence-electron chi connectivity index (χ3n) is 2.95. The quantitative estimate of drug-likeness (QED) is 0.809. The minimum Gasteiger partial charge on any atom is -0.309 e. The van der Waals surface area contributed by atoms with Crippen LogP contribution >= 0.6 is 0 Å². The van der Waals surface area contributed by atoms with E-state index in [0.29, 0.717) is 5.56 Å². The average Bonchev–Trinajstić information content (AvgIpc) is 2.40. The molecule has 0 N–H and O–H groups in total. The van der Waals surface area contributed by atoms with Crippen LogP contribution in [0.1, 0.15) is 15.9 Å². The first kappa shape index (κ1) is 13.2. The van der Waals surface area contributed by atoms with Gasteiger partial charge in [0.1, 0.15) is 11.6 Å². The number of amides is 1. The first-order chi connectivity index (χ1) is 9.00. The summed E-state index contributed by atoms with van der Waals surface area (Å²) >= 11 is 0. The minimum absolute atomic E-state index is 0.163. The molecule has 0 heterocycles. The lowest BCUT2D eigenvalue weighted by atomic mass is 10.1. The maximum atomic E-state index is 13.6. The Morgan fingerprint density at radius 2 is 1.79 bits per heavy atom. The van der Waals surface area contributed by atoms with Gasteiger partial charge in [0.05, 0.1) is 5.69 Å². The highest BCUT2D eigenvalue weighted by Crippen LogP contribution is 2.21. The van der Waals surface area contributed by atoms with E-state index >= 15 is 0 Å². The second-order valence-electron chi connectivity index (χ2n) is 4.27. The fourth-order valence-corrected chi connectivity index (χ4v) is 1.84. The summed E-state index contributed by atoms with van der Waals surface area (Å²) in [5, 5.41) is 0. The molecule has 0 spiro atoms. The molecular weight excluding hydrogens is 248 g/mol. The zero-order valence-electron chi connectivity index (χ0n) is 10.7. The van der Waals surface area contributed by atoms with Gasteiger partial charge in [-0.25, -0.2) is 8.78 Å². The lowest BCUT2D eigenvalue weighted by Gasteiger charge is -2.19. The SMILES string of the molecule is Cc1ccc(F)cc1C(=O)N(C)c1ccccc1F. The molecule has 0 radical (unpaired) electrons. The molecule has 0 aliphatic carbocycles. The Morgan fingerprint density at radius 1 is 1.11 bits per heavy atom. The molecule has 0 atom stereocenters. The van der Waals surface area contributed by atoms with E-state index in [2.05, 4.69) is 0 Å². The first-order valence-electron chi connectivity index (χ1n) is 5.79. The van der Waals surface area contributed by atoms with Crippen LogP contribution in [0.15, 0.2) is 42.5 Å². The van der Waals surface area contributed by atoms with Gasteiger partial charge in [0.25, 0.3) is 5.91 Å². The monoisotopic (exact) mass is 261 g/mol. The van der Waals surface area contributed by atoms with E-state index < -0.39 is 17.5 Å². The zero-order valence-corrected chi connectivity index (χ0v) is 10.7. The molecule has 0 fully saturated rings. The van der Waals surface area contributed by atoms with Gasteiger partial charge in [0.15, 0.2) is 0 Å². The van der Waals surface area contributed by atoms with Crippen molar-refractivity contribution in [2.75, 3.05) is 11.9 Å². The number of nitrogens with zero attached hydrogens (tertiary/aromatic N) is 1. The highest BCUT2D eigenvalue weighted by molar-refractivity contribution is 6.06. The Labute approximate surface area is 110 Å². The largest absolute Gasteiger partial charge is 0.309 e. The molecule has 0 aliphatic rings. The summed E-state index contributed by atoms with van der Waals surface area (Å²) < 4.78 is 26.8. The number of aryl methyl sites for hydroxylation is 1. The van der Waals surface area contributed by atoms with Crippen molar-refractivity contribution in [3.63, 3.8) is 0 Å². The van der Waals surface area contributed by atoms with Gasteiger partial charge < -0.3 is 4.90 Å². The summed E-state index contributed by atoms with van der Waals surface area (Å²) in [6.45, 7) is 1.71. The minimum atomic E-state index is -0.493. The van der Waals surface area contributed by atoms with Crippen LogP contribution in [0, 0.1) is 18.6 Å². The molecule has 0 unspecified atom stereocenters. The van der Waals surface area contributed by atoms with E-state index in [9.17, 15) is 13.6 Å². The van der Waals surface area contributed by atoms with E-state index in [1.807, 2.05) is 0 Å². The number of hydrogen-bond donors (Lipinski definition) is 0. The van der Waals surface area contributed by atoms with E-state index in [1.165, 1.54) is 36.2 Å². The zero-order chi connectivity index (χ0) is 14.0. The Bertz CT molecular complexity index is 625. The fourth-order valence-electron chi connectivity index (χ4n) is 1.84. The maximum Gasteiger partial charge on any atom is 0.258 e. The lowest BCUT2D eigenvalue weighted by molar-refractivity contribution is 0.0991. The summed E-state index contributed by atoms with van der Waals surface area (Å²) in [5.41, 5.74) is 1.04. The van der Waals surface area contributed by atoms with Crippen molar-refractivity contribution < 1.29 is 13.6 Å². The number of hydrogen-bond acceptors (Lipinski definition) is 1. The highest BCUT2D eigenvalue weighted by atomic mass is 19.1. The summed E-state index contributed by atoms with van der Waals surface area (Å²) in [6.07, 6.45) is 0. The number of rotatable bonds is 2. The second-order valence-corrected chi connectivity index (χ2v) is 4.27. The van der Waals surface area contributed by atoms with Crippen LogP contribution in [0.3, 0.4) is 0 Å². The van der Waals surface area contributed by atoms with Crippen LogP contribution in [-0.4, -0.2) is 13.0 Å². The molecule has 19 heavy (non-hydrogen) atoms. The predicted octanol–water partition coefficient (Wildman–Crippen LogP) is 3.55. The summed E-state index contributed by atoms with van der Waals surface area (Å²) in [6, 6.07) is 9.94. The van der Waals surface area contributed by atoms with E-state index in [1.54, 1.807) is 19.1 Å². The molecule has 2 nitrogen and oxygen atoms in total. The molecule has 0 saturated heterocycles. The predicted molar refractivity (Wildman–Crippen MR) is 70.3 cm³/mol. The van der Waals surface area contributed by atoms with E-state index in [0.717, 1.165) is 6.07 Å². The topological polar surface area (TPSA) is 20.3 Å². The number of carbonyl (C=O) groups is 1.